The van der Waals surface area contributed by atoms with Crippen LogP contribution in [0.4, 0.5) is 5.82 Å². The molecule has 0 bridgehead atoms. The maximum atomic E-state index is 5.74. The third-order valence-electron chi connectivity index (χ3n) is 1.53. The average Bonchev–Trinajstić information content (AvgIpc) is 2.05. The smallest absolute Gasteiger partial charge is 0.161 e. The largest absolute Gasteiger partial charge is 0.384 e. The maximum absolute atomic E-state index is 5.74. The van der Waals surface area contributed by atoms with Crippen molar-refractivity contribution in [2.75, 3.05) is 5.73 Å². The number of fused-ring (bicyclic) bond motifs is 1. The van der Waals surface area contributed by atoms with Crippen molar-refractivity contribution in [2.45, 2.75) is 0 Å². The van der Waals surface area contributed by atoms with Gasteiger partial charge in [0.25, 0.3) is 0 Å². The van der Waals surface area contributed by atoms with Gasteiger partial charge in [-0.15, -0.1) is 0 Å². The molecule has 12 heavy (non-hydrogen) atoms. The first-order valence-electron chi connectivity index (χ1n) is 3.43. The van der Waals surface area contributed by atoms with Crippen molar-refractivity contribution >= 4 is 28.5 Å². The first-order chi connectivity index (χ1) is 5.75. The molecule has 2 N–H and O–H groups in total. The van der Waals surface area contributed by atoms with Crippen molar-refractivity contribution in [3.63, 3.8) is 0 Å². The number of hydrogen-bond donors (Lipinski definition) is 1. The number of hydrogen-bond acceptors (Lipinski definition) is 3. The number of halogens is 1. The van der Waals surface area contributed by atoms with Gasteiger partial charge in [-0.1, -0.05) is 11.6 Å². The van der Waals surface area contributed by atoms with E-state index in [1.54, 1.807) is 18.3 Å². The van der Waals surface area contributed by atoms with Gasteiger partial charge in [0, 0.05) is 11.6 Å². The summed E-state index contributed by atoms with van der Waals surface area (Å²) in [5, 5.41) is 1.51. The van der Waals surface area contributed by atoms with E-state index in [0.29, 0.717) is 16.5 Å². The lowest BCUT2D eigenvalue weighted by Gasteiger charge is -1.96. The molecule has 0 spiro atoms. The van der Waals surface area contributed by atoms with Crippen molar-refractivity contribution in [3.05, 3.63) is 29.4 Å². The summed E-state index contributed by atoms with van der Waals surface area (Å²) in [6.07, 6.45) is 1.55. The van der Waals surface area contributed by atoms with Crippen molar-refractivity contribution in [3.8, 4) is 0 Å². The highest BCUT2D eigenvalue weighted by atomic mass is 35.5. The van der Waals surface area contributed by atoms with Gasteiger partial charge in [-0.05, 0) is 18.2 Å². The molecule has 2 rings (SSSR count). The molecule has 0 amide bonds. The fourth-order valence-electron chi connectivity index (χ4n) is 0.998. The van der Waals surface area contributed by atoms with Crippen molar-refractivity contribution < 1.29 is 0 Å². The summed E-state index contributed by atoms with van der Waals surface area (Å²) in [6, 6.07) is 5.37. The molecule has 0 saturated carbocycles. The zero-order chi connectivity index (χ0) is 8.55. The first-order valence-corrected chi connectivity index (χ1v) is 3.81. The maximum Gasteiger partial charge on any atom is 0.161 e. The van der Waals surface area contributed by atoms with E-state index in [1.165, 1.54) is 0 Å². The van der Waals surface area contributed by atoms with Crippen LogP contribution in [-0.4, -0.2) is 9.97 Å². The van der Waals surface area contributed by atoms with Crippen LogP contribution < -0.4 is 5.73 Å². The molecule has 2 heterocycles. The summed E-state index contributed by atoms with van der Waals surface area (Å²) in [5.41, 5.74) is 6.10. The monoisotopic (exact) mass is 179 g/mol. The number of pyridine rings is 2. The van der Waals surface area contributed by atoms with E-state index in [9.17, 15) is 0 Å². The second-order valence-electron chi connectivity index (χ2n) is 2.44. The lowest BCUT2D eigenvalue weighted by atomic mass is 10.3. The van der Waals surface area contributed by atoms with Crippen LogP contribution >= 0.6 is 11.6 Å². The molecule has 0 fully saturated rings. The van der Waals surface area contributed by atoms with Crippen LogP contribution in [0, 0.1) is 0 Å². The molecule has 0 aliphatic carbocycles. The number of aromatic nitrogens is 2. The Hall–Kier alpha value is -1.35. The molecule has 2 aromatic heterocycles. The van der Waals surface area contributed by atoms with Crippen molar-refractivity contribution in [1.29, 1.82) is 0 Å². The Morgan fingerprint density at radius 2 is 2.17 bits per heavy atom. The van der Waals surface area contributed by atoms with E-state index in [0.717, 1.165) is 5.39 Å². The van der Waals surface area contributed by atoms with Crippen molar-refractivity contribution in [1.82, 2.24) is 9.97 Å². The minimum Gasteiger partial charge on any atom is -0.384 e. The minimum atomic E-state index is 0.470. The zero-order valence-electron chi connectivity index (χ0n) is 6.16. The van der Waals surface area contributed by atoms with Gasteiger partial charge in [-0.25, -0.2) is 9.97 Å². The predicted octanol–water partition coefficient (Wildman–Crippen LogP) is 1.87. The van der Waals surface area contributed by atoms with E-state index in [2.05, 4.69) is 9.97 Å². The molecule has 0 aliphatic heterocycles. The van der Waals surface area contributed by atoms with E-state index in [1.807, 2.05) is 6.07 Å². The van der Waals surface area contributed by atoms with Gasteiger partial charge in [-0.3, -0.25) is 0 Å². The van der Waals surface area contributed by atoms with Gasteiger partial charge < -0.3 is 5.73 Å². The topological polar surface area (TPSA) is 51.8 Å². The highest BCUT2D eigenvalue weighted by molar-refractivity contribution is 6.31. The molecule has 0 radical (unpaired) electrons. The Bertz CT molecular complexity index is 386. The first kappa shape index (κ1) is 7.31. The van der Waals surface area contributed by atoms with Crippen LogP contribution in [0.25, 0.3) is 11.0 Å². The fourth-order valence-corrected chi connectivity index (χ4v) is 1.16. The number of nitrogens with two attached hydrogens (primary N) is 1. The Morgan fingerprint density at radius 3 is 3.00 bits per heavy atom. The Kier molecular flexibility index (Phi) is 1.59. The SMILES string of the molecule is Nc1ccc2cc(Cl)cnc2n1. The standard InChI is InChI=1S/C8H6ClN3/c9-6-3-5-1-2-7(10)12-8(5)11-4-6/h1-4H,(H2,10,11,12). The highest BCUT2D eigenvalue weighted by Crippen LogP contribution is 2.15. The van der Waals surface area contributed by atoms with E-state index >= 15 is 0 Å². The van der Waals surface area contributed by atoms with Gasteiger partial charge >= 0.3 is 0 Å². The van der Waals surface area contributed by atoms with Crippen LogP contribution in [0.15, 0.2) is 24.4 Å². The van der Waals surface area contributed by atoms with E-state index < -0.39 is 0 Å². The third-order valence-corrected chi connectivity index (χ3v) is 1.74. The molecule has 0 aromatic carbocycles. The molecule has 4 heteroatoms. The summed E-state index contributed by atoms with van der Waals surface area (Å²) < 4.78 is 0. The minimum absolute atomic E-state index is 0.470. The average molecular weight is 180 g/mol. The van der Waals surface area contributed by atoms with Crippen molar-refractivity contribution in [2.24, 2.45) is 0 Å². The summed E-state index contributed by atoms with van der Waals surface area (Å²) in [7, 11) is 0. The van der Waals surface area contributed by atoms with Gasteiger partial charge in [0.15, 0.2) is 5.65 Å². The molecular formula is C8H6ClN3. The van der Waals surface area contributed by atoms with Crippen LogP contribution in [0.3, 0.4) is 0 Å². The molecular weight excluding hydrogens is 174 g/mol. The lowest BCUT2D eigenvalue weighted by molar-refractivity contribution is 1.29. The van der Waals surface area contributed by atoms with Gasteiger partial charge in [0.2, 0.25) is 0 Å². The van der Waals surface area contributed by atoms with Gasteiger partial charge in [0.05, 0.1) is 5.02 Å². The van der Waals surface area contributed by atoms with Crippen LogP contribution in [0.5, 0.6) is 0 Å². The summed E-state index contributed by atoms with van der Waals surface area (Å²) in [4.78, 5) is 8.04. The Labute approximate surface area is 74.2 Å². The number of nitrogens with zero attached hydrogens (tertiary/aromatic N) is 2. The van der Waals surface area contributed by atoms with Crippen LogP contribution in [0.2, 0.25) is 5.02 Å². The molecule has 2 aromatic rings. The molecule has 0 unspecified atom stereocenters. The quantitative estimate of drug-likeness (QED) is 0.672. The summed E-state index contributed by atoms with van der Waals surface area (Å²) in [5.74, 6) is 0.470. The predicted molar refractivity (Wildman–Crippen MR) is 49.0 cm³/mol. The van der Waals surface area contributed by atoms with Gasteiger partial charge in [-0.2, -0.15) is 0 Å². The summed E-state index contributed by atoms with van der Waals surface area (Å²) >= 11 is 5.74. The third kappa shape index (κ3) is 1.19. The molecule has 0 aliphatic rings. The molecule has 3 nitrogen and oxygen atoms in total. The second-order valence-corrected chi connectivity index (χ2v) is 2.87. The van der Waals surface area contributed by atoms with Crippen LogP contribution in [-0.2, 0) is 0 Å². The lowest BCUT2D eigenvalue weighted by Crippen LogP contribution is -1.90. The number of nitrogen functional groups attached to an aromatic ring is 1. The Balaban J connectivity index is 2.79. The van der Waals surface area contributed by atoms with E-state index in [4.69, 9.17) is 17.3 Å². The van der Waals surface area contributed by atoms with Gasteiger partial charge in [0.1, 0.15) is 5.82 Å². The fraction of sp³-hybridized carbons (Fsp3) is 0. The Morgan fingerprint density at radius 1 is 1.33 bits per heavy atom. The molecule has 0 saturated heterocycles. The number of rotatable bonds is 0. The molecule has 0 atom stereocenters. The number of anilines is 1. The molecule has 60 valence electrons. The van der Waals surface area contributed by atoms with E-state index in [-0.39, 0.29) is 0 Å². The van der Waals surface area contributed by atoms with Crippen LogP contribution in [0.1, 0.15) is 0 Å². The second kappa shape index (κ2) is 2.60. The highest BCUT2D eigenvalue weighted by Gasteiger charge is 1.96. The summed E-state index contributed by atoms with van der Waals surface area (Å²) in [6.45, 7) is 0. The zero-order valence-corrected chi connectivity index (χ0v) is 6.92. The normalized spacial score (nSPS) is 10.4.